The summed E-state index contributed by atoms with van der Waals surface area (Å²) >= 11 is 0. The maximum atomic E-state index is 6.03. The number of hydrogen-bond acceptors (Lipinski definition) is 3. The normalized spacial score (nSPS) is 21.3. The van der Waals surface area contributed by atoms with E-state index < -0.39 is 0 Å². The van der Waals surface area contributed by atoms with Crippen LogP contribution in [0.15, 0.2) is 36.5 Å². The van der Waals surface area contributed by atoms with Gasteiger partial charge in [0.2, 0.25) is 0 Å². The van der Waals surface area contributed by atoms with E-state index in [0.717, 1.165) is 26.1 Å². The molecule has 2 N–H and O–H groups in total. The molecule has 0 amide bonds. The van der Waals surface area contributed by atoms with Crippen molar-refractivity contribution in [2.45, 2.75) is 25.4 Å². The van der Waals surface area contributed by atoms with Crippen LogP contribution < -0.4 is 5.73 Å². The van der Waals surface area contributed by atoms with E-state index >= 15 is 0 Å². The van der Waals surface area contributed by atoms with Gasteiger partial charge in [-0.25, -0.2) is 0 Å². The number of rotatable bonds is 2. The molecule has 0 saturated carbocycles. The number of hydrogen-bond donors (Lipinski definition) is 1. The van der Waals surface area contributed by atoms with Crippen LogP contribution in [0.1, 0.15) is 18.5 Å². The number of fused-ring (bicyclic) bond motifs is 1. The zero-order valence-corrected chi connectivity index (χ0v) is 10.5. The summed E-state index contributed by atoms with van der Waals surface area (Å²) in [4.78, 5) is 6.96. The molecule has 1 atom stereocenters. The van der Waals surface area contributed by atoms with E-state index in [4.69, 9.17) is 5.73 Å². The van der Waals surface area contributed by atoms with Crippen molar-refractivity contribution < 1.29 is 0 Å². The summed E-state index contributed by atoms with van der Waals surface area (Å²) in [6.07, 6.45) is 4.26. The molecule has 1 aliphatic rings. The lowest BCUT2D eigenvalue weighted by Crippen LogP contribution is -2.42. The predicted octanol–water partition coefficient (Wildman–Crippen LogP) is 2.16. The Labute approximate surface area is 108 Å². The minimum absolute atomic E-state index is 0.328. The van der Waals surface area contributed by atoms with E-state index in [-0.39, 0.29) is 0 Å². The fourth-order valence-corrected chi connectivity index (χ4v) is 2.75. The Kier molecular flexibility index (Phi) is 3.26. The molecule has 0 aliphatic carbocycles. The van der Waals surface area contributed by atoms with Crippen molar-refractivity contribution in [3.8, 4) is 0 Å². The molecule has 1 aromatic heterocycles. The summed E-state index contributed by atoms with van der Waals surface area (Å²) in [7, 11) is 0. The SMILES string of the molecule is NC1CCCN(Cc2nccc3ccccc23)C1. The highest BCUT2D eigenvalue weighted by atomic mass is 15.1. The molecule has 2 heterocycles. The number of nitrogens with zero attached hydrogens (tertiary/aromatic N) is 2. The number of nitrogens with two attached hydrogens (primary N) is 1. The number of benzene rings is 1. The van der Waals surface area contributed by atoms with Crippen molar-refractivity contribution in [2.75, 3.05) is 13.1 Å². The second-order valence-corrected chi connectivity index (χ2v) is 5.12. The van der Waals surface area contributed by atoms with Gasteiger partial charge in [0.25, 0.3) is 0 Å². The highest BCUT2D eigenvalue weighted by Crippen LogP contribution is 2.19. The van der Waals surface area contributed by atoms with E-state index in [0.29, 0.717) is 6.04 Å². The van der Waals surface area contributed by atoms with Crippen LogP contribution in [0.5, 0.6) is 0 Å². The smallest absolute Gasteiger partial charge is 0.0622 e. The first kappa shape index (κ1) is 11.6. The highest BCUT2D eigenvalue weighted by molar-refractivity contribution is 5.84. The van der Waals surface area contributed by atoms with Crippen LogP contribution in [0.4, 0.5) is 0 Å². The molecule has 0 bridgehead atoms. The second-order valence-electron chi connectivity index (χ2n) is 5.12. The quantitative estimate of drug-likeness (QED) is 0.876. The Morgan fingerprint density at radius 2 is 2.17 bits per heavy atom. The number of pyridine rings is 1. The molecule has 0 radical (unpaired) electrons. The van der Waals surface area contributed by atoms with E-state index in [9.17, 15) is 0 Å². The average molecular weight is 241 g/mol. The van der Waals surface area contributed by atoms with Crippen LogP contribution in [-0.2, 0) is 6.54 Å². The number of aromatic nitrogens is 1. The average Bonchev–Trinajstić information content (AvgIpc) is 2.39. The van der Waals surface area contributed by atoms with Crippen molar-refractivity contribution in [3.05, 3.63) is 42.2 Å². The van der Waals surface area contributed by atoms with Gasteiger partial charge >= 0.3 is 0 Å². The van der Waals surface area contributed by atoms with E-state index in [2.05, 4.69) is 40.2 Å². The maximum absolute atomic E-state index is 6.03. The largest absolute Gasteiger partial charge is 0.327 e. The monoisotopic (exact) mass is 241 g/mol. The zero-order chi connectivity index (χ0) is 12.4. The fraction of sp³-hybridized carbons (Fsp3) is 0.400. The predicted molar refractivity (Wildman–Crippen MR) is 74.2 cm³/mol. The van der Waals surface area contributed by atoms with E-state index in [1.54, 1.807) is 0 Å². The van der Waals surface area contributed by atoms with Gasteiger partial charge in [0.05, 0.1) is 5.69 Å². The van der Waals surface area contributed by atoms with Crippen LogP contribution in [-0.4, -0.2) is 29.0 Å². The van der Waals surface area contributed by atoms with Gasteiger partial charge in [0, 0.05) is 30.7 Å². The lowest BCUT2D eigenvalue weighted by Gasteiger charge is -2.30. The molecule has 2 aromatic rings. The zero-order valence-electron chi connectivity index (χ0n) is 10.5. The maximum Gasteiger partial charge on any atom is 0.0622 e. The van der Waals surface area contributed by atoms with Crippen LogP contribution in [0.3, 0.4) is 0 Å². The van der Waals surface area contributed by atoms with E-state index in [1.807, 2.05) is 6.20 Å². The molecule has 1 fully saturated rings. The van der Waals surface area contributed by atoms with Crippen LogP contribution >= 0.6 is 0 Å². The van der Waals surface area contributed by atoms with Crippen molar-refractivity contribution in [1.29, 1.82) is 0 Å². The standard InChI is InChI=1S/C15H19N3/c16-13-5-3-9-18(10-13)11-15-14-6-2-1-4-12(14)7-8-17-15/h1-2,4,6-8,13H,3,5,9-11,16H2. The summed E-state index contributed by atoms with van der Waals surface area (Å²) < 4.78 is 0. The molecule has 1 aromatic carbocycles. The lowest BCUT2D eigenvalue weighted by atomic mass is 10.1. The number of likely N-dealkylation sites (tertiary alicyclic amines) is 1. The first-order chi connectivity index (χ1) is 8.83. The topological polar surface area (TPSA) is 42.1 Å². The summed E-state index contributed by atoms with van der Waals surface area (Å²) in [6, 6.07) is 10.8. The molecular formula is C15H19N3. The highest BCUT2D eigenvalue weighted by Gasteiger charge is 2.17. The summed E-state index contributed by atoms with van der Waals surface area (Å²) in [5.41, 5.74) is 7.20. The first-order valence-corrected chi connectivity index (χ1v) is 6.63. The van der Waals surface area contributed by atoms with Crippen LogP contribution in [0.25, 0.3) is 10.8 Å². The molecule has 94 valence electrons. The Morgan fingerprint density at radius 1 is 1.28 bits per heavy atom. The fourth-order valence-electron chi connectivity index (χ4n) is 2.75. The van der Waals surface area contributed by atoms with Gasteiger partial charge in [0.1, 0.15) is 0 Å². The minimum atomic E-state index is 0.328. The van der Waals surface area contributed by atoms with Gasteiger partial charge < -0.3 is 5.73 Å². The summed E-state index contributed by atoms with van der Waals surface area (Å²) in [6.45, 7) is 3.04. The number of piperidine rings is 1. The van der Waals surface area contributed by atoms with Gasteiger partial charge in [0.15, 0.2) is 0 Å². The molecule has 18 heavy (non-hydrogen) atoms. The third-order valence-corrected chi connectivity index (χ3v) is 3.67. The summed E-state index contributed by atoms with van der Waals surface area (Å²) in [5.74, 6) is 0. The van der Waals surface area contributed by atoms with Gasteiger partial charge in [-0.2, -0.15) is 0 Å². The molecule has 1 unspecified atom stereocenters. The molecule has 1 aliphatic heterocycles. The Hall–Kier alpha value is -1.45. The van der Waals surface area contributed by atoms with Crippen molar-refractivity contribution in [3.63, 3.8) is 0 Å². The molecule has 3 rings (SSSR count). The molecule has 1 saturated heterocycles. The third kappa shape index (κ3) is 2.37. The molecular weight excluding hydrogens is 222 g/mol. The third-order valence-electron chi connectivity index (χ3n) is 3.67. The van der Waals surface area contributed by atoms with Gasteiger partial charge in [-0.1, -0.05) is 24.3 Å². The van der Waals surface area contributed by atoms with Crippen molar-refractivity contribution in [2.24, 2.45) is 5.73 Å². The van der Waals surface area contributed by atoms with Crippen molar-refractivity contribution in [1.82, 2.24) is 9.88 Å². The van der Waals surface area contributed by atoms with Gasteiger partial charge in [-0.15, -0.1) is 0 Å². The Morgan fingerprint density at radius 3 is 3.06 bits per heavy atom. The minimum Gasteiger partial charge on any atom is -0.327 e. The first-order valence-electron chi connectivity index (χ1n) is 6.63. The van der Waals surface area contributed by atoms with Crippen LogP contribution in [0, 0.1) is 0 Å². The lowest BCUT2D eigenvalue weighted by molar-refractivity contribution is 0.200. The van der Waals surface area contributed by atoms with E-state index in [1.165, 1.54) is 22.9 Å². The molecule has 3 nitrogen and oxygen atoms in total. The Balaban J connectivity index is 1.86. The van der Waals surface area contributed by atoms with Gasteiger partial charge in [-0.05, 0) is 30.8 Å². The van der Waals surface area contributed by atoms with Crippen LogP contribution in [0.2, 0.25) is 0 Å². The molecule has 3 heteroatoms. The second kappa shape index (κ2) is 5.04. The van der Waals surface area contributed by atoms with Crippen molar-refractivity contribution >= 4 is 10.8 Å². The Bertz CT molecular complexity index is 533. The molecule has 0 spiro atoms. The summed E-state index contributed by atoms with van der Waals surface area (Å²) in [5, 5.41) is 2.53. The van der Waals surface area contributed by atoms with Gasteiger partial charge in [-0.3, -0.25) is 9.88 Å².